The summed E-state index contributed by atoms with van der Waals surface area (Å²) in [6.07, 6.45) is 3.47. The molecule has 0 bridgehead atoms. The van der Waals surface area contributed by atoms with Crippen molar-refractivity contribution in [3.05, 3.63) is 18.2 Å². The Morgan fingerprint density at radius 1 is 1.29 bits per heavy atom. The van der Waals surface area contributed by atoms with E-state index in [2.05, 4.69) is 9.72 Å². The van der Waals surface area contributed by atoms with Crippen molar-refractivity contribution in [1.29, 1.82) is 0 Å². The van der Waals surface area contributed by atoms with Crippen LogP contribution in [0.3, 0.4) is 0 Å². The molecule has 0 N–H and O–H groups in total. The first-order valence-electron chi connectivity index (χ1n) is 5.19. The highest BCUT2D eigenvalue weighted by atomic mass is 16.5. The Kier molecular flexibility index (Phi) is 7.41. The molecule has 0 spiro atoms. The molecule has 0 saturated carbocycles. The van der Waals surface area contributed by atoms with E-state index in [1.165, 1.54) is 13.8 Å². The Hall–Kier alpha value is -1.85. The molecular formula is C11H18N2O4. The van der Waals surface area contributed by atoms with Gasteiger partial charge in [0.2, 0.25) is 0 Å². The first-order valence-corrected chi connectivity index (χ1v) is 5.19. The van der Waals surface area contributed by atoms with Crippen molar-refractivity contribution in [1.82, 2.24) is 9.55 Å². The van der Waals surface area contributed by atoms with Crippen LogP contribution in [-0.2, 0) is 32.7 Å². The number of carbonyl (C=O) groups is 2. The van der Waals surface area contributed by atoms with E-state index < -0.39 is 0 Å². The normalized spacial score (nSPS) is 8.94. The summed E-state index contributed by atoms with van der Waals surface area (Å²) in [7, 11) is 1.87. The minimum Gasteiger partial charge on any atom is -0.466 e. The molecule has 1 aromatic heterocycles. The summed E-state index contributed by atoms with van der Waals surface area (Å²) in [5.74, 6) is -0.492. The molecular weight excluding hydrogens is 224 g/mol. The van der Waals surface area contributed by atoms with E-state index >= 15 is 0 Å². The standard InChI is InChI=1S/C7H10N2O2.C4H8O2/c1-6(10)11-4-7-3-9(2)5-8-7;1-3-6-4(2)5/h3,5H,4H2,1-2H3;3H2,1-2H3. The predicted octanol–water partition coefficient (Wildman–Crippen LogP) is 1.05. The lowest BCUT2D eigenvalue weighted by Gasteiger charge is -1.95. The number of rotatable bonds is 3. The molecule has 0 aromatic carbocycles. The summed E-state index contributed by atoms with van der Waals surface area (Å²) >= 11 is 0. The Labute approximate surface area is 101 Å². The third-order valence-electron chi connectivity index (χ3n) is 1.53. The lowest BCUT2D eigenvalue weighted by Crippen LogP contribution is -1.98. The Bertz CT molecular complexity index is 360. The van der Waals surface area contributed by atoms with Crippen LogP contribution in [0.15, 0.2) is 12.5 Å². The maximum absolute atomic E-state index is 10.4. The summed E-state index contributed by atoms with van der Waals surface area (Å²) in [4.78, 5) is 24.2. The van der Waals surface area contributed by atoms with Gasteiger partial charge in [0.05, 0.1) is 18.6 Å². The quantitative estimate of drug-likeness (QED) is 0.741. The van der Waals surface area contributed by atoms with Gasteiger partial charge in [-0.3, -0.25) is 9.59 Å². The molecule has 1 aromatic rings. The zero-order valence-electron chi connectivity index (χ0n) is 10.6. The highest BCUT2D eigenvalue weighted by molar-refractivity contribution is 5.66. The fraction of sp³-hybridized carbons (Fsp3) is 0.545. The molecule has 1 rings (SSSR count). The van der Waals surface area contributed by atoms with Gasteiger partial charge in [0.25, 0.3) is 0 Å². The molecule has 6 nitrogen and oxygen atoms in total. The van der Waals surface area contributed by atoms with E-state index in [9.17, 15) is 9.59 Å². The van der Waals surface area contributed by atoms with E-state index in [1.54, 1.807) is 17.8 Å². The maximum Gasteiger partial charge on any atom is 0.303 e. The Morgan fingerprint density at radius 2 is 1.88 bits per heavy atom. The number of esters is 2. The molecule has 96 valence electrons. The zero-order chi connectivity index (χ0) is 13.3. The number of hydrogen-bond donors (Lipinski definition) is 0. The molecule has 1 heterocycles. The van der Waals surface area contributed by atoms with Crippen LogP contribution in [0, 0.1) is 0 Å². The fourth-order valence-electron chi connectivity index (χ4n) is 0.920. The smallest absolute Gasteiger partial charge is 0.303 e. The SMILES string of the molecule is CC(=O)OCc1cn(C)cn1.CCOC(C)=O. The minimum atomic E-state index is -0.282. The zero-order valence-corrected chi connectivity index (χ0v) is 10.6. The number of hydrogen-bond acceptors (Lipinski definition) is 5. The predicted molar refractivity (Wildman–Crippen MR) is 61.0 cm³/mol. The average molecular weight is 242 g/mol. The number of carbonyl (C=O) groups excluding carboxylic acids is 2. The van der Waals surface area contributed by atoms with Crippen molar-refractivity contribution >= 4 is 11.9 Å². The molecule has 17 heavy (non-hydrogen) atoms. The minimum absolute atomic E-state index is 0.211. The first kappa shape index (κ1) is 15.2. The number of nitrogens with zero attached hydrogens (tertiary/aromatic N) is 2. The van der Waals surface area contributed by atoms with Crippen LogP contribution >= 0.6 is 0 Å². The molecule has 0 radical (unpaired) electrons. The average Bonchev–Trinajstić information content (AvgIpc) is 2.62. The van der Waals surface area contributed by atoms with Gasteiger partial charge >= 0.3 is 11.9 Å². The highest BCUT2D eigenvalue weighted by Crippen LogP contribution is 1.96. The molecule has 0 atom stereocenters. The maximum atomic E-state index is 10.4. The van der Waals surface area contributed by atoms with Crippen molar-refractivity contribution in [3.8, 4) is 0 Å². The highest BCUT2D eigenvalue weighted by Gasteiger charge is 1.97. The number of ether oxygens (including phenoxy) is 2. The molecule has 0 aliphatic carbocycles. The van der Waals surface area contributed by atoms with Crippen molar-refractivity contribution < 1.29 is 19.1 Å². The molecule has 0 aliphatic heterocycles. The molecule has 0 saturated heterocycles. The lowest BCUT2D eigenvalue weighted by atomic mass is 10.5. The monoisotopic (exact) mass is 242 g/mol. The van der Waals surface area contributed by atoms with E-state index in [0.717, 1.165) is 5.69 Å². The van der Waals surface area contributed by atoms with Crippen LogP contribution < -0.4 is 0 Å². The van der Waals surface area contributed by atoms with Crippen LogP contribution in [-0.4, -0.2) is 28.1 Å². The van der Waals surface area contributed by atoms with Gasteiger partial charge < -0.3 is 14.0 Å². The van der Waals surface area contributed by atoms with Gasteiger partial charge in [0, 0.05) is 27.1 Å². The van der Waals surface area contributed by atoms with Crippen molar-refractivity contribution in [2.24, 2.45) is 7.05 Å². The lowest BCUT2D eigenvalue weighted by molar-refractivity contribution is -0.142. The van der Waals surface area contributed by atoms with Crippen molar-refractivity contribution in [3.63, 3.8) is 0 Å². The summed E-state index contributed by atoms with van der Waals surface area (Å²) in [5, 5.41) is 0. The summed E-state index contributed by atoms with van der Waals surface area (Å²) in [6.45, 7) is 5.29. The van der Waals surface area contributed by atoms with Crippen molar-refractivity contribution in [2.75, 3.05) is 6.61 Å². The number of imidazole rings is 1. The van der Waals surface area contributed by atoms with Gasteiger partial charge in [-0.25, -0.2) is 4.98 Å². The fourth-order valence-corrected chi connectivity index (χ4v) is 0.920. The second-order valence-corrected chi connectivity index (χ2v) is 3.24. The van der Waals surface area contributed by atoms with Crippen molar-refractivity contribution in [2.45, 2.75) is 27.4 Å². The van der Waals surface area contributed by atoms with Crippen LogP contribution in [0.4, 0.5) is 0 Å². The summed E-state index contributed by atoms with van der Waals surface area (Å²) < 4.78 is 10.9. The van der Waals surface area contributed by atoms with Crippen LogP contribution in [0.25, 0.3) is 0 Å². The van der Waals surface area contributed by atoms with Gasteiger partial charge in [-0.1, -0.05) is 0 Å². The Balaban J connectivity index is 0.000000366. The van der Waals surface area contributed by atoms with Gasteiger partial charge in [0.1, 0.15) is 6.61 Å². The van der Waals surface area contributed by atoms with Crippen LogP contribution in [0.1, 0.15) is 26.5 Å². The molecule has 0 aliphatic rings. The van der Waals surface area contributed by atoms with Gasteiger partial charge in [-0.2, -0.15) is 0 Å². The second kappa shape index (κ2) is 8.32. The first-order chi connectivity index (χ1) is 7.95. The Morgan fingerprint density at radius 3 is 2.18 bits per heavy atom. The molecule has 0 fully saturated rings. The topological polar surface area (TPSA) is 70.4 Å². The molecule has 0 unspecified atom stereocenters. The van der Waals surface area contributed by atoms with E-state index in [0.29, 0.717) is 6.61 Å². The summed E-state index contributed by atoms with van der Waals surface area (Å²) in [5.41, 5.74) is 0.766. The second-order valence-electron chi connectivity index (χ2n) is 3.24. The van der Waals surface area contributed by atoms with Gasteiger partial charge in [0.15, 0.2) is 0 Å². The number of aromatic nitrogens is 2. The molecule has 6 heteroatoms. The van der Waals surface area contributed by atoms with E-state index in [1.807, 2.05) is 13.2 Å². The number of aryl methyl sites for hydroxylation is 1. The third kappa shape index (κ3) is 9.10. The van der Waals surface area contributed by atoms with Gasteiger partial charge in [-0.05, 0) is 6.92 Å². The van der Waals surface area contributed by atoms with E-state index in [-0.39, 0.29) is 18.5 Å². The molecule has 0 amide bonds. The van der Waals surface area contributed by atoms with E-state index in [4.69, 9.17) is 4.74 Å². The largest absolute Gasteiger partial charge is 0.466 e. The third-order valence-corrected chi connectivity index (χ3v) is 1.53. The van der Waals surface area contributed by atoms with Gasteiger partial charge in [-0.15, -0.1) is 0 Å². The summed E-state index contributed by atoms with van der Waals surface area (Å²) in [6, 6.07) is 0. The van der Waals surface area contributed by atoms with Crippen LogP contribution in [0.5, 0.6) is 0 Å². The van der Waals surface area contributed by atoms with Crippen LogP contribution in [0.2, 0.25) is 0 Å².